The van der Waals surface area contributed by atoms with E-state index >= 15 is 0 Å². The van der Waals surface area contributed by atoms with Gasteiger partial charge in [-0.2, -0.15) is 0 Å². The van der Waals surface area contributed by atoms with Crippen molar-refractivity contribution in [2.24, 2.45) is 0 Å². The Morgan fingerprint density at radius 2 is 2.19 bits per heavy atom. The highest BCUT2D eigenvalue weighted by molar-refractivity contribution is 7.19. The second kappa shape index (κ2) is 7.97. The van der Waals surface area contributed by atoms with Crippen LogP contribution in [0.4, 0.5) is 4.79 Å². The van der Waals surface area contributed by atoms with Gasteiger partial charge >= 0.3 is 6.03 Å². The molecule has 0 fully saturated rings. The number of thiophene rings is 1. The number of carbonyl (C=O) groups excluding carboxylic acids is 1. The Morgan fingerprint density at radius 3 is 2.95 bits per heavy atom. The minimum absolute atomic E-state index is 0.188. The van der Waals surface area contributed by atoms with Crippen LogP contribution in [-0.4, -0.2) is 37.4 Å². The molecule has 0 bridgehead atoms. The Labute approximate surface area is 127 Å². The number of ether oxygens (including phenoxy) is 1. The summed E-state index contributed by atoms with van der Waals surface area (Å²) in [5.74, 6) is 0. The Hall–Kier alpha value is -1.63. The Balaban J connectivity index is 1.78. The molecule has 0 aliphatic carbocycles. The Bertz CT molecular complexity index is 552. The van der Waals surface area contributed by atoms with Crippen LogP contribution in [-0.2, 0) is 4.74 Å². The van der Waals surface area contributed by atoms with E-state index in [0.29, 0.717) is 19.8 Å². The molecule has 1 aromatic heterocycles. The summed E-state index contributed by atoms with van der Waals surface area (Å²) >= 11 is 1.54. The number of carbonyl (C=O) groups is 1. The minimum atomic E-state index is -0.694. The highest BCUT2D eigenvalue weighted by Crippen LogP contribution is 2.29. The molecule has 1 heterocycles. The zero-order chi connectivity index (χ0) is 15.1. The summed E-state index contributed by atoms with van der Waals surface area (Å²) in [6.45, 7) is 3.67. The molecule has 6 heteroatoms. The van der Waals surface area contributed by atoms with Crippen LogP contribution in [0.1, 0.15) is 17.9 Å². The van der Waals surface area contributed by atoms with Crippen LogP contribution in [0.15, 0.2) is 30.3 Å². The summed E-state index contributed by atoms with van der Waals surface area (Å²) in [5.41, 5.74) is 0. The third-order valence-corrected chi connectivity index (χ3v) is 4.18. The van der Waals surface area contributed by atoms with Gasteiger partial charge in [-0.15, -0.1) is 11.3 Å². The molecular weight excluding hydrogens is 288 g/mol. The highest BCUT2D eigenvalue weighted by Gasteiger charge is 2.12. The summed E-state index contributed by atoms with van der Waals surface area (Å²) < 4.78 is 6.25. The van der Waals surface area contributed by atoms with E-state index in [0.717, 1.165) is 15.0 Å². The topological polar surface area (TPSA) is 70.6 Å². The van der Waals surface area contributed by atoms with Gasteiger partial charge in [0.25, 0.3) is 0 Å². The van der Waals surface area contributed by atoms with Gasteiger partial charge in [0, 0.05) is 22.7 Å². The molecule has 0 saturated carbocycles. The SMILES string of the molecule is CCOCCNC(=O)NCC(O)c1cc2ccccc2s1. The van der Waals surface area contributed by atoms with Crippen molar-refractivity contribution in [3.63, 3.8) is 0 Å². The maximum atomic E-state index is 11.5. The lowest BCUT2D eigenvalue weighted by atomic mass is 10.2. The lowest BCUT2D eigenvalue weighted by molar-refractivity contribution is 0.148. The molecule has 0 saturated heterocycles. The maximum Gasteiger partial charge on any atom is 0.314 e. The first-order chi connectivity index (χ1) is 10.2. The molecule has 1 aromatic carbocycles. The number of amides is 2. The van der Waals surface area contributed by atoms with E-state index in [-0.39, 0.29) is 12.6 Å². The van der Waals surface area contributed by atoms with Crippen LogP contribution in [0, 0.1) is 0 Å². The van der Waals surface area contributed by atoms with E-state index < -0.39 is 6.10 Å². The zero-order valence-electron chi connectivity index (χ0n) is 12.0. The van der Waals surface area contributed by atoms with E-state index in [9.17, 15) is 9.90 Å². The van der Waals surface area contributed by atoms with Gasteiger partial charge in [0.2, 0.25) is 0 Å². The lowest BCUT2D eigenvalue weighted by Crippen LogP contribution is -2.39. The predicted molar refractivity (Wildman–Crippen MR) is 84.7 cm³/mol. The monoisotopic (exact) mass is 308 g/mol. The number of fused-ring (bicyclic) bond motifs is 1. The number of aliphatic hydroxyl groups is 1. The van der Waals surface area contributed by atoms with E-state index in [4.69, 9.17) is 4.74 Å². The first-order valence-electron chi connectivity index (χ1n) is 6.96. The van der Waals surface area contributed by atoms with Gasteiger partial charge in [-0.25, -0.2) is 4.79 Å². The van der Waals surface area contributed by atoms with E-state index in [1.807, 2.05) is 37.3 Å². The molecule has 1 unspecified atom stereocenters. The van der Waals surface area contributed by atoms with Crippen LogP contribution < -0.4 is 10.6 Å². The van der Waals surface area contributed by atoms with Gasteiger partial charge in [-0.1, -0.05) is 18.2 Å². The summed E-state index contributed by atoms with van der Waals surface area (Å²) in [4.78, 5) is 12.4. The zero-order valence-corrected chi connectivity index (χ0v) is 12.8. The second-order valence-electron chi connectivity index (χ2n) is 4.54. The first-order valence-corrected chi connectivity index (χ1v) is 7.78. The highest BCUT2D eigenvalue weighted by atomic mass is 32.1. The minimum Gasteiger partial charge on any atom is -0.386 e. The third kappa shape index (κ3) is 4.70. The van der Waals surface area contributed by atoms with Gasteiger partial charge in [0.15, 0.2) is 0 Å². The van der Waals surface area contributed by atoms with Crippen molar-refractivity contribution in [1.82, 2.24) is 10.6 Å². The van der Waals surface area contributed by atoms with Crippen molar-refractivity contribution < 1.29 is 14.6 Å². The van der Waals surface area contributed by atoms with Crippen LogP contribution in [0.25, 0.3) is 10.1 Å². The van der Waals surface area contributed by atoms with Gasteiger partial charge in [0.05, 0.1) is 13.2 Å². The number of nitrogens with one attached hydrogen (secondary N) is 2. The number of hydrogen-bond acceptors (Lipinski definition) is 4. The quantitative estimate of drug-likeness (QED) is 0.687. The predicted octanol–water partition coefficient (Wildman–Crippen LogP) is 2.27. The molecule has 0 spiro atoms. The maximum absolute atomic E-state index is 11.5. The molecule has 0 radical (unpaired) electrons. The molecule has 3 N–H and O–H groups in total. The molecule has 114 valence electrons. The van der Waals surface area contributed by atoms with Gasteiger partial charge in [-0.05, 0) is 24.4 Å². The summed E-state index contributed by atoms with van der Waals surface area (Å²) in [6.07, 6.45) is -0.694. The normalized spacial score (nSPS) is 12.3. The number of aliphatic hydroxyl groups excluding tert-OH is 1. The fraction of sp³-hybridized carbons (Fsp3) is 0.400. The van der Waals surface area contributed by atoms with Crippen LogP contribution in [0.2, 0.25) is 0 Å². The molecule has 1 atom stereocenters. The van der Waals surface area contributed by atoms with Crippen LogP contribution >= 0.6 is 11.3 Å². The molecule has 0 aliphatic heterocycles. The largest absolute Gasteiger partial charge is 0.386 e. The molecule has 0 aliphatic rings. The summed E-state index contributed by atoms with van der Waals surface area (Å²) in [7, 11) is 0. The fourth-order valence-corrected chi connectivity index (χ4v) is 2.95. The van der Waals surface area contributed by atoms with Crippen LogP contribution in [0.3, 0.4) is 0 Å². The summed E-state index contributed by atoms with van der Waals surface area (Å²) in [5, 5.41) is 16.6. The smallest absolute Gasteiger partial charge is 0.314 e. The van der Waals surface area contributed by atoms with Crippen molar-refractivity contribution in [2.75, 3.05) is 26.3 Å². The molecular formula is C15H20N2O3S. The van der Waals surface area contributed by atoms with Crippen molar-refractivity contribution >= 4 is 27.5 Å². The van der Waals surface area contributed by atoms with E-state index in [1.165, 1.54) is 11.3 Å². The van der Waals surface area contributed by atoms with Gasteiger partial charge < -0.3 is 20.5 Å². The molecule has 2 rings (SSSR count). The van der Waals surface area contributed by atoms with Crippen molar-refractivity contribution in [1.29, 1.82) is 0 Å². The number of rotatable bonds is 7. The first kappa shape index (κ1) is 15.8. The third-order valence-electron chi connectivity index (χ3n) is 2.97. The van der Waals surface area contributed by atoms with E-state index in [2.05, 4.69) is 10.6 Å². The van der Waals surface area contributed by atoms with Crippen molar-refractivity contribution in [2.45, 2.75) is 13.0 Å². The lowest BCUT2D eigenvalue weighted by Gasteiger charge is -2.11. The number of urea groups is 1. The fourth-order valence-electron chi connectivity index (χ4n) is 1.90. The van der Waals surface area contributed by atoms with Crippen LogP contribution in [0.5, 0.6) is 0 Å². The molecule has 2 amide bonds. The van der Waals surface area contributed by atoms with E-state index in [1.54, 1.807) is 0 Å². The second-order valence-corrected chi connectivity index (χ2v) is 5.65. The van der Waals surface area contributed by atoms with Gasteiger partial charge in [-0.3, -0.25) is 0 Å². The number of benzene rings is 1. The van der Waals surface area contributed by atoms with Crippen molar-refractivity contribution in [3.05, 3.63) is 35.2 Å². The van der Waals surface area contributed by atoms with Gasteiger partial charge in [0.1, 0.15) is 6.10 Å². The standard InChI is InChI=1S/C15H20N2O3S/c1-2-20-8-7-16-15(19)17-10-12(18)14-9-11-5-3-4-6-13(11)21-14/h3-6,9,12,18H,2,7-8,10H2,1H3,(H2,16,17,19). The summed E-state index contributed by atoms with van der Waals surface area (Å²) in [6, 6.07) is 9.63. The Morgan fingerprint density at radius 1 is 1.38 bits per heavy atom. The Kier molecular flexibility index (Phi) is 5.98. The molecule has 5 nitrogen and oxygen atoms in total. The average molecular weight is 308 g/mol. The average Bonchev–Trinajstić information content (AvgIpc) is 2.93. The van der Waals surface area contributed by atoms with Crippen molar-refractivity contribution in [3.8, 4) is 0 Å². The molecule has 21 heavy (non-hydrogen) atoms. The number of hydrogen-bond donors (Lipinski definition) is 3. The molecule has 2 aromatic rings.